The minimum atomic E-state index is -0.0215. The third-order valence-electron chi connectivity index (χ3n) is 3.17. The number of nitrogens with zero attached hydrogens (tertiary/aromatic N) is 2. The van der Waals surface area contributed by atoms with Gasteiger partial charge in [-0.05, 0) is 12.0 Å². The van der Waals surface area contributed by atoms with Crippen LogP contribution in [0.3, 0.4) is 0 Å². The first-order valence-electron chi connectivity index (χ1n) is 7.44. The maximum atomic E-state index is 11.9. The zero-order valence-corrected chi connectivity index (χ0v) is 14.5. The predicted molar refractivity (Wildman–Crippen MR) is 94.5 cm³/mol. The minimum absolute atomic E-state index is 0.0215. The molecule has 6 heteroatoms. The van der Waals surface area contributed by atoms with Crippen molar-refractivity contribution < 1.29 is 4.79 Å². The number of rotatable bonds is 8. The van der Waals surface area contributed by atoms with Crippen molar-refractivity contribution in [2.24, 2.45) is 0 Å². The second kappa shape index (κ2) is 8.90. The van der Waals surface area contributed by atoms with E-state index in [0.29, 0.717) is 16.8 Å². The van der Waals surface area contributed by atoms with Crippen molar-refractivity contribution in [3.05, 3.63) is 40.9 Å². The van der Waals surface area contributed by atoms with Crippen molar-refractivity contribution in [2.75, 3.05) is 11.1 Å². The number of aromatic nitrogens is 2. The van der Waals surface area contributed by atoms with Crippen molar-refractivity contribution >= 4 is 34.1 Å². The van der Waals surface area contributed by atoms with Gasteiger partial charge in [0.05, 0.1) is 5.75 Å². The zero-order valence-electron chi connectivity index (χ0n) is 12.9. The molecule has 1 aromatic carbocycles. The Morgan fingerprint density at radius 1 is 1.32 bits per heavy atom. The normalized spacial score (nSPS) is 12.1. The lowest BCUT2D eigenvalue weighted by atomic mass is 10.1. The Kier molecular flexibility index (Phi) is 6.86. The summed E-state index contributed by atoms with van der Waals surface area (Å²) in [4.78, 5) is 11.9. The second-order valence-corrected chi connectivity index (χ2v) is 7.16. The van der Waals surface area contributed by atoms with E-state index in [9.17, 15) is 4.79 Å². The van der Waals surface area contributed by atoms with E-state index in [1.165, 1.54) is 16.9 Å². The molecule has 1 heterocycles. The average molecular weight is 335 g/mol. The van der Waals surface area contributed by atoms with Crippen molar-refractivity contribution in [3.63, 3.8) is 0 Å². The van der Waals surface area contributed by atoms with Crippen LogP contribution in [-0.2, 0) is 10.5 Å². The molecule has 0 radical (unpaired) electrons. The molecule has 0 bridgehead atoms. The van der Waals surface area contributed by atoms with Gasteiger partial charge in [0.25, 0.3) is 0 Å². The van der Waals surface area contributed by atoms with Crippen LogP contribution in [0.4, 0.5) is 5.13 Å². The molecule has 1 N–H and O–H groups in total. The van der Waals surface area contributed by atoms with Gasteiger partial charge in [0.2, 0.25) is 11.0 Å². The predicted octanol–water partition coefficient (Wildman–Crippen LogP) is 4.31. The molecule has 4 nitrogen and oxygen atoms in total. The maximum Gasteiger partial charge on any atom is 0.236 e. The number of carbonyl (C=O) groups is 1. The van der Waals surface area contributed by atoms with Crippen LogP contribution in [0.5, 0.6) is 0 Å². The Morgan fingerprint density at radius 3 is 2.82 bits per heavy atom. The van der Waals surface area contributed by atoms with Crippen molar-refractivity contribution in [2.45, 2.75) is 38.4 Å². The van der Waals surface area contributed by atoms with Crippen molar-refractivity contribution in [3.8, 4) is 0 Å². The van der Waals surface area contributed by atoms with E-state index in [1.807, 2.05) is 18.2 Å². The number of benzene rings is 1. The molecule has 1 atom stereocenters. The van der Waals surface area contributed by atoms with E-state index in [2.05, 4.69) is 41.5 Å². The molecular weight excluding hydrogens is 314 g/mol. The Balaban J connectivity index is 1.75. The van der Waals surface area contributed by atoms with E-state index in [4.69, 9.17) is 0 Å². The Hall–Kier alpha value is -1.40. The number of nitrogens with one attached hydrogen (secondary N) is 1. The molecule has 0 spiro atoms. The van der Waals surface area contributed by atoms with Crippen LogP contribution in [0.2, 0.25) is 0 Å². The average Bonchev–Trinajstić information content (AvgIpc) is 2.97. The summed E-state index contributed by atoms with van der Waals surface area (Å²) in [5.41, 5.74) is 1.23. The first kappa shape index (κ1) is 17.0. The molecule has 0 saturated heterocycles. The molecular formula is C16H21N3OS2. The zero-order chi connectivity index (χ0) is 15.8. The highest BCUT2D eigenvalue weighted by atomic mass is 32.2. The maximum absolute atomic E-state index is 11.9. The molecule has 1 amide bonds. The van der Waals surface area contributed by atoms with E-state index in [1.54, 1.807) is 11.8 Å². The van der Waals surface area contributed by atoms with Crippen LogP contribution in [0.15, 0.2) is 30.3 Å². The molecule has 0 aliphatic heterocycles. The van der Waals surface area contributed by atoms with Gasteiger partial charge < -0.3 is 0 Å². The van der Waals surface area contributed by atoms with Crippen molar-refractivity contribution in [1.29, 1.82) is 0 Å². The fourth-order valence-electron chi connectivity index (χ4n) is 2.03. The van der Waals surface area contributed by atoms with Gasteiger partial charge >= 0.3 is 0 Å². The molecule has 2 aromatic rings. The first-order valence-corrected chi connectivity index (χ1v) is 9.41. The molecule has 2 rings (SSSR count). The number of amides is 1. The van der Waals surface area contributed by atoms with Crippen LogP contribution in [0.25, 0.3) is 0 Å². The van der Waals surface area contributed by atoms with Gasteiger partial charge in [-0.25, -0.2) is 0 Å². The monoisotopic (exact) mass is 335 g/mol. The second-order valence-electron chi connectivity index (χ2n) is 5.16. The van der Waals surface area contributed by atoms with E-state index >= 15 is 0 Å². The fraction of sp³-hybridized carbons (Fsp3) is 0.438. The number of carbonyl (C=O) groups excluding carboxylic acids is 1. The van der Waals surface area contributed by atoms with Crippen molar-refractivity contribution in [1.82, 2.24) is 10.2 Å². The third-order valence-corrected chi connectivity index (χ3v) is 5.25. The van der Waals surface area contributed by atoms with Gasteiger partial charge in [0.1, 0.15) is 5.01 Å². The lowest BCUT2D eigenvalue weighted by Crippen LogP contribution is -2.13. The first-order chi connectivity index (χ1) is 10.7. The molecule has 0 fully saturated rings. The van der Waals surface area contributed by atoms with Gasteiger partial charge in [-0.3, -0.25) is 10.1 Å². The summed E-state index contributed by atoms with van der Waals surface area (Å²) in [6.45, 7) is 4.30. The summed E-state index contributed by atoms with van der Waals surface area (Å²) in [7, 11) is 0. The van der Waals surface area contributed by atoms with Crippen LogP contribution in [0.1, 0.15) is 43.2 Å². The number of hydrogen-bond donors (Lipinski definition) is 1. The third kappa shape index (κ3) is 5.42. The lowest BCUT2D eigenvalue weighted by molar-refractivity contribution is -0.113. The van der Waals surface area contributed by atoms with Gasteiger partial charge in [0.15, 0.2) is 0 Å². The number of hydrogen-bond acceptors (Lipinski definition) is 5. The molecule has 22 heavy (non-hydrogen) atoms. The highest BCUT2D eigenvalue weighted by molar-refractivity contribution is 7.99. The number of anilines is 1. The molecule has 0 aliphatic carbocycles. The summed E-state index contributed by atoms with van der Waals surface area (Å²) in [6, 6.07) is 10.1. The van der Waals surface area contributed by atoms with Gasteiger partial charge in [-0.2, -0.15) is 0 Å². The summed E-state index contributed by atoms with van der Waals surface area (Å²) in [6.07, 6.45) is 2.22. The summed E-state index contributed by atoms with van der Waals surface area (Å²) in [5.74, 6) is 1.64. The van der Waals surface area contributed by atoms with E-state index in [0.717, 1.165) is 23.6 Å². The van der Waals surface area contributed by atoms with E-state index in [-0.39, 0.29) is 5.91 Å². The quantitative estimate of drug-likeness (QED) is 0.781. The van der Waals surface area contributed by atoms with Crippen LogP contribution < -0.4 is 5.32 Å². The van der Waals surface area contributed by atoms with Crippen LogP contribution in [-0.4, -0.2) is 21.9 Å². The topological polar surface area (TPSA) is 54.9 Å². The lowest BCUT2D eigenvalue weighted by Gasteiger charge is -2.03. The highest BCUT2D eigenvalue weighted by Gasteiger charge is 2.13. The summed E-state index contributed by atoms with van der Waals surface area (Å²) >= 11 is 3.08. The highest BCUT2D eigenvalue weighted by Crippen LogP contribution is 2.26. The molecule has 0 aliphatic rings. The standard InChI is InChI=1S/C16H21N3OS2/c1-3-7-12(2)15-18-19-16(22-15)17-14(20)11-21-10-13-8-5-4-6-9-13/h4-6,8-9,12H,3,7,10-11H2,1-2H3,(H,17,19,20)/t12-/m1/s1. The smallest absolute Gasteiger partial charge is 0.236 e. The molecule has 1 aromatic heterocycles. The number of thioether (sulfide) groups is 1. The Labute approximate surface area is 139 Å². The van der Waals surface area contributed by atoms with Crippen LogP contribution in [0, 0.1) is 0 Å². The van der Waals surface area contributed by atoms with Gasteiger partial charge in [-0.15, -0.1) is 22.0 Å². The largest absolute Gasteiger partial charge is 0.300 e. The van der Waals surface area contributed by atoms with E-state index < -0.39 is 0 Å². The SMILES string of the molecule is CCC[C@@H](C)c1nnc(NC(=O)CSCc2ccccc2)s1. The molecule has 0 unspecified atom stereocenters. The molecule has 0 saturated carbocycles. The minimum Gasteiger partial charge on any atom is -0.300 e. The summed E-state index contributed by atoms with van der Waals surface area (Å²) < 4.78 is 0. The van der Waals surface area contributed by atoms with Crippen LogP contribution >= 0.6 is 23.1 Å². The Bertz CT molecular complexity index is 586. The summed E-state index contributed by atoms with van der Waals surface area (Å²) in [5, 5.41) is 12.6. The fourth-order valence-corrected chi connectivity index (χ4v) is 3.66. The molecule has 118 valence electrons. The Morgan fingerprint density at radius 2 is 2.09 bits per heavy atom. The van der Waals surface area contributed by atoms with Gasteiger partial charge in [0, 0.05) is 11.7 Å². The van der Waals surface area contributed by atoms with Gasteiger partial charge in [-0.1, -0.05) is 61.9 Å².